The van der Waals surface area contributed by atoms with Crippen molar-refractivity contribution in [3.63, 3.8) is 0 Å². The summed E-state index contributed by atoms with van der Waals surface area (Å²) < 4.78 is 81.9. The standard InChI is InChI=1S/C20H14F6N2O2/c1-8(10-3-2-9(21)6-13(10)23)27-15(29)7-11-16(19(25)26)17-14(28-20(11)30)5-4-12(22)18(17)24/h2-6,8,19H,7H2,1H3,(H,27,29)(H,28,30)/t8-/m0/s1. The number of benzene rings is 2. The SMILES string of the molecule is C[C@H](NC(=O)Cc1c(C(F)F)c2c(F)c(F)ccc2[nH]c1=O)c1ccc(F)cc1F. The number of H-pyrrole nitrogens is 1. The molecule has 0 bridgehead atoms. The van der Waals surface area contributed by atoms with Crippen molar-refractivity contribution in [2.45, 2.75) is 25.8 Å². The molecule has 3 aromatic rings. The minimum Gasteiger partial charge on any atom is -0.349 e. The van der Waals surface area contributed by atoms with E-state index in [0.29, 0.717) is 12.1 Å². The molecule has 2 N–H and O–H groups in total. The van der Waals surface area contributed by atoms with E-state index in [4.69, 9.17) is 0 Å². The van der Waals surface area contributed by atoms with E-state index in [1.54, 1.807) is 0 Å². The van der Waals surface area contributed by atoms with Crippen LogP contribution in [-0.2, 0) is 11.2 Å². The Hall–Kier alpha value is -3.30. The summed E-state index contributed by atoms with van der Waals surface area (Å²) in [5, 5.41) is 1.48. The van der Waals surface area contributed by atoms with Crippen LogP contribution in [0.5, 0.6) is 0 Å². The number of aromatic amines is 1. The number of fused-ring (bicyclic) bond motifs is 1. The second-order valence-corrected chi connectivity index (χ2v) is 6.56. The fraction of sp³-hybridized carbons (Fsp3) is 0.200. The molecule has 2 aromatic carbocycles. The molecule has 3 rings (SSSR count). The molecule has 1 amide bonds. The zero-order valence-corrected chi connectivity index (χ0v) is 15.3. The number of halogens is 6. The molecule has 10 heteroatoms. The van der Waals surface area contributed by atoms with E-state index in [1.165, 1.54) is 6.92 Å². The molecule has 1 atom stereocenters. The van der Waals surface area contributed by atoms with E-state index in [2.05, 4.69) is 10.3 Å². The summed E-state index contributed by atoms with van der Waals surface area (Å²) in [6, 6.07) is 3.31. The van der Waals surface area contributed by atoms with Crippen LogP contribution >= 0.6 is 0 Å². The van der Waals surface area contributed by atoms with Gasteiger partial charge in [-0.2, -0.15) is 0 Å². The van der Waals surface area contributed by atoms with Crippen molar-refractivity contribution in [3.8, 4) is 0 Å². The van der Waals surface area contributed by atoms with E-state index in [1.807, 2.05) is 0 Å². The largest absolute Gasteiger partial charge is 0.349 e. The average molecular weight is 428 g/mol. The van der Waals surface area contributed by atoms with Crippen molar-refractivity contribution < 1.29 is 31.1 Å². The summed E-state index contributed by atoms with van der Waals surface area (Å²) in [6.45, 7) is 1.36. The van der Waals surface area contributed by atoms with Crippen LogP contribution < -0.4 is 10.9 Å². The van der Waals surface area contributed by atoms with Crippen LogP contribution in [0.15, 0.2) is 35.1 Å². The third kappa shape index (κ3) is 4.03. The predicted octanol–water partition coefficient (Wildman–Crippen LogP) is 4.44. The van der Waals surface area contributed by atoms with Gasteiger partial charge in [0.05, 0.1) is 18.0 Å². The van der Waals surface area contributed by atoms with Crippen LogP contribution in [0, 0.1) is 23.3 Å². The van der Waals surface area contributed by atoms with Crippen molar-refractivity contribution in [3.05, 3.63) is 80.6 Å². The van der Waals surface area contributed by atoms with Gasteiger partial charge >= 0.3 is 0 Å². The molecule has 0 radical (unpaired) electrons. The smallest absolute Gasteiger partial charge is 0.265 e. The summed E-state index contributed by atoms with van der Waals surface area (Å²) in [4.78, 5) is 26.7. The fourth-order valence-electron chi connectivity index (χ4n) is 3.19. The Morgan fingerprint density at radius 2 is 1.77 bits per heavy atom. The molecule has 0 saturated heterocycles. The number of alkyl halides is 2. The Kier molecular flexibility index (Phi) is 5.86. The number of rotatable bonds is 5. The van der Waals surface area contributed by atoms with Gasteiger partial charge in [0, 0.05) is 28.1 Å². The summed E-state index contributed by atoms with van der Waals surface area (Å²) in [5.41, 5.74) is -3.33. The van der Waals surface area contributed by atoms with Gasteiger partial charge in [0.25, 0.3) is 12.0 Å². The van der Waals surface area contributed by atoms with Gasteiger partial charge in [0.2, 0.25) is 5.91 Å². The fourth-order valence-corrected chi connectivity index (χ4v) is 3.19. The molecule has 0 aliphatic rings. The van der Waals surface area contributed by atoms with Gasteiger partial charge in [-0.25, -0.2) is 26.3 Å². The second kappa shape index (κ2) is 8.21. The third-order valence-corrected chi connectivity index (χ3v) is 4.57. The number of hydrogen-bond donors (Lipinski definition) is 2. The Balaban J connectivity index is 1.97. The minimum atomic E-state index is -3.37. The maximum absolute atomic E-state index is 14.2. The van der Waals surface area contributed by atoms with Gasteiger partial charge in [-0.05, 0) is 25.1 Å². The van der Waals surface area contributed by atoms with E-state index < -0.39 is 70.1 Å². The van der Waals surface area contributed by atoms with Crippen LogP contribution in [0.1, 0.15) is 36.1 Å². The zero-order chi connectivity index (χ0) is 22.2. The van der Waals surface area contributed by atoms with Gasteiger partial charge in [-0.15, -0.1) is 0 Å². The molecular weight excluding hydrogens is 414 g/mol. The second-order valence-electron chi connectivity index (χ2n) is 6.56. The minimum absolute atomic E-state index is 0.0700. The van der Waals surface area contributed by atoms with Crippen molar-refractivity contribution >= 4 is 16.8 Å². The highest BCUT2D eigenvalue weighted by Gasteiger charge is 2.26. The van der Waals surface area contributed by atoms with Gasteiger partial charge in [0.1, 0.15) is 11.6 Å². The topological polar surface area (TPSA) is 62.0 Å². The molecule has 0 unspecified atom stereocenters. The molecule has 158 valence electrons. The molecule has 1 heterocycles. The number of carbonyl (C=O) groups is 1. The number of pyridine rings is 1. The highest BCUT2D eigenvalue weighted by Crippen LogP contribution is 2.31. The first-order valence-corrected chi connectivity index (χ1v) is 8.65. The Morgan fingerprint density at radius 3 is 2.40 bits per heavy atom. The molecule has 0 aliphatic heterocycles. The van der Waals surface area contributed by atoms with Gasteiger partial charge in [-0.3, -0.25) is 9.59 Å². The van der Waals surface area contributed by atoms with E-state index in [9.17, 15) is 35.9 Å². The van der Waals surface area contributed by atoms with Crippen LogP contribution in [0.4, 0.5) is 26.3 Å². The van der Waals surface area contributed by atoms with Crippen LogP contribution in [-0.4, -0.2) is 10.9 Å². The first-order valence-electron chi connectivity index (χ1n) is 8.65. The number of nitrogens with one attached hydrogen (secondary N) is 2. The van der Waals surface area contributed by atoms with Crippen molar-refractivity contribution in [2.75, 3.05) is 0 Å². The lowest BCUT2D eigenvalue weighted by Crippen LogP contribution is -2.31. The molecular formula is C20H14F6N2O2. The van der Waals surface area contributed by atoms with Gasteiger partial charge < -0.3 is 10.3 Å². The average Bonchev–Trinajstić information content (AvgIpc) is 2.65. The Morgan fingerprint density at radius 1 is 1.07 bits per heavy atom. The highest BCUT2D eigenvalue weighted by atomic mass is 19.3. The van der Waals surface area contributed by atoms with Crippen LogP contribution in [0.2, 0.25) is 0 Å². The molecule has 4 nitrogen and oxygen atoms in total. The number of carbonyl (C=O) groups excluding carboxylic acids is 1. The number of hydrogen-bond acceptors (Lipinski definition) is 2. The van der Waals surface area contributed by atoms with Crippen molar-refractivity contribution in [1.82, 2.24) is 10.3 Å². The maximum atomic E-state index is 14.2. The first-order chi connectivity index (χ1) is 14.1. The number of aromatic nitrogens is 1. The molecule has 0 aliphatic carbocycles. The lowest BCUT2D eigenvalue weighted by atomic mass is 10.00. The van der Waals surface area contributed by atoms with Gasteiger partial charge in [-0.1, -0.05) is 6.07 Å². The van der Waals surface area contributed by atoms with Crippen molar-refractivity contribution in [1.29, 1.82) is 0 Å². The first kappa shape index (κ1) is 21.4. The predicted molar refractivity (Wildman–Crippen MR) is 96.1 cm³/mol. The highest BCUT2D eigenvalue weighted by molar-refractivity contribution is 5.87. The van der Waals surface area contributed by atoms with E-state index in [0.717, 1.165) is 18.2 Å². The number of amides is 1. The molecule has 0 spiro atoms. The third-order valence-electron chi connectivity index (χ3n) is 4.57. The summed E-state index contributed by atoms with van der Waals surface area (Å²) in [5.74, 6) is -5.69. The van der Waals surface area contributed by atoms with Crippen LogP contribution in [0.3, 0.4) is 0 Å². The summed E-state index contributed by atoms with van der Waals surface area (Å²) in [6.07, 6.45) is -4.27. The van der Waals surface area contributed by atoms with Crippen LogP contribution in [0.25, 0.3) is 10.9 Å². The van der Waals surface area contributed by atoms with E-state index >= 15 is 0 Å². The zero-order valence-electron chi connectivity index (χ0n) is 15.3. The Bertz CT molecular complexity index is 1190. The van der Waals surface area contributed by atoms with Gasteiger partial charge in [0.15, 0.2) is 11.6 Å². The monoisotopic (exact) mass is 428 g/mol. The Labute approximate surface area is 165 Å². The molecule has 0 fully saturated rings. The van der Waals surface area contributed by atoms with E-state index in [-0.39, 0.29) is 11.1 Å². The quantitative estimate of drug-likeness (QED) is 0.591. The lowest BCUT2D eigenvalue weighted by Gasteiger charge is -2.17. The normalized spacial score (nSPS) is 12.4. The molecule has 0 saturated carbocycles. The summed E-state index contributed by atoms with van der Waals surface area (Å²) in [7, 11) is 0. The van der Waals surface area contributed by atoms with Crippen molar-refractivity contribution in [2.24, 2.45) is 0 Å². The summed E-state index contributed by atoms with van der Waals surface area (Å²) >= 11 is 0. The maximum Gasteiger partial charge on any atom is 0.265 e. The molecule has 1 aromatic heterocycles. The lowest BCUT2D eigenvalue weighted by molar-refractivity contribution is -0.121. The molecule has 30 heavy (non-hydrogen) atoms.